The van der Waals surface area contributed by atoms with E-state index < -0.39 is 8.32 Å². The summed E-state index contributed by atoms with van der Waals surface area (Å²) >= 11 is 4.91. The van der Waals surface area contributed by atoms with E-state index in [0.717, 1.165) is 35.2 Å². The van der Waals surface area contributed by atoms with E-state index in [1.54, 1.807) is 0 Å². The zero-order valence-corrected chi connectivity index (χ0v) is 20.2. The molecule has 1 saturated carbocycles. The molecule has 1 heterocycles. The van der Waals surface area contributed by atoms with Crippen molar-refractivity contribution in [1.82, 2.24) is 0 Å². The number of halogens is 1. The van der Waals surface area contributed by atoms with Crippen molar-refractivity contribution in [3.63, 3.8) is 0 Å². The van der Waals surface area contributed by atoms with E-state index in [4.69, 9.17) is 9.16 Å². The number of thiophene rings is 1. The zero-order chi connectivity index (χ0) is 19.5. The molecule has 7 heteroatoms. The molecule has 26 heavy (non-hydrogen) atoms. The van der Waals surface area contributed by atoms with Crippen LogP contribution in [0.15, 0.2) is 9.85 Å². The molecule has 148 valence electrons. The Morgan fingerprint density at radius 3 is 2.46 bits per heavy atom. The van der Waals surface area contributed by atoms with Crippen LogP contribution in [0.5, 0.6) is 0 Å². The first-order valence-corrected chi connectivity index (χ1v) is 14.0. The van der Waals surface area contributed by atoms with Gasteiger partial charge in [-0.15, -0.1) is 11.3 Å². The predicted molar refractivity (Wildman–Crippen MR) is 116 cm³/mol. The largest absolute Gasteiger partial charge is 0.462 e. The normalized spacial score (nSPS) is 21.5. The van der Waals surface area contributed by atoms with Gasteiger partial charge in [0.05, 0.1) is 16.1 Å². The lowest BCUT2D eigenvalue weighted by atomic mass is 9.93. The predicted octanol–water partition coefficient (Wildman–Crippen LogP) is 6.43. The molecule has 0 aromatic carbocycles. The second-order valence-electron chi connectivity index (χ2n) is 8.51. The SMILES string of the molecule is CCOC(=O)c1sc(Br)cc1NC1CCC(O[Si](C)(C)C(C)(C)C)CC1. The van der Waals surface area contributed by atoms with Crippen LogP contribution in [0.2, 0.25) is 18.1 Å². The van der Waals surface area contributed by atoms with Crippen molar-refractivity contribution in [3.8, 4) is 0 Å². The van der Waals surface area contributed by atoms with Crippen LogP contribution in [0.4, 0.5) is 5.69 Å². The van der Waals surface area contributed by atoms with Gasteiger partial charge in [0.2, 0.25) is 0 Å². The molecule has 0 atom stereocenters. The van der Waals surface area contributed by atoms with Crippen LogP contribution >= 0.6 is 27.3 Å². The molecule has 0 radical (unpaired) electrons. The Kier molecular flexibility index (Phi) is 7.38. The minimum absolute atomic E-state index is 0.249. The fourth-order valence-corrected chi connectivity index (χ4v) is 5.83. The maximum Gasteiger partial charge on any atom is 0.350 e. The second-order valence-corrected chi connectivity index (χ2v) is 15.7. The fraction of sp³-hybridized carbons (Fsp3) is 0.737. The van der Waals surface area contributed by atoms with Crippen molar-refractivity contribution >= 4 is 47.2 Å². The average Bonchev–Trinajstić information content (AvgIpc) is 2.89. The molecule has 1 N–H and O–H groups in total. The van der Waals surface area contributed by atoms with Crippen LogP contribution in [0.3, 0.4) is 0 Å². The molecule has 1 aromatic rings. The molecule has 0 unspecified atom stereocenters. The summed E-state index contributed by atoms with van der Waals surface area (Å²) in [5.74, 6) is -0.249. The van der Waals surface area contributed by atoms with Crippen LogP contribution in [0, 0.1) is 0 Å². The van der Waals surface area contributed by atoms with Crippen LogP contribution in [-0.2, 0) is 9.16 Å². The number of nitrogens with one attached hydrogen (secondary N) is 1. The van der Waals surface area contributed by atoms with Gasteiger partial charge >= 0.3 is 5.97 Å². The minimum Gasteiger partial charge on any atom is -0.462 e. The minimum atomic E-state index is -1.70. The quantitative estimate of drug-likeness (QED) is 0.391. The molecule has 2 rings (SSSR count). The van der Waals surface area contributed by atoms with Gasteiger partial charge in [-0.2, -0.15) is 0 Å². The van der Waals surface area contributed by atoms with Gasteiger partial charge in [-0.1, -0.05) is 20.8 Å². The molecule has 1 aliphatic carbocycles. The molecule has 0 saturated heterocycles. The summed E-state index contributed by atoms with van der Waals surface area (Å²) in [4.78, 5) is 12.8. The van der Waals surface area contributed by atoms with E-state index in [1.165, 1.54) is 11.3 Å². The van der Waals surface area contributed by atoms with E-state index in [0.29, 0.717) is 23.6 Å². The lowest BCUT2D eigenvalue weighted by Gasteiger charge is -2.41. The van der Waals surface area contributed by atoms with Crippen molar-refractivity contribution in [2.24, 2.45) is 0 Å². The Balaban J connectivity index is 1.93. The monoisotopic (exact) mass is 461 g/mol. The van der Waals surface area contributed by atoms with Crippen molar-refractivity contribution in [3.05, 3.63) is 14.7 Å². The van der Waals surface area contributed by atoms with Crippen molar-refractivity contribution in [1.29, 1.82) is 0 Å². The van der Waals surface area contributed by atoms with Gasteiger partial charge in [0, 0.05) is 12.1 Å². The Bertz CT molecular complexity index is 619. The lowest BCUT2D eigenvalue weighted by Crippen LogP contribution is -2.45. The Hall–Kier alpha value is -0.373. The number of hydrogen-bond donors (Lipinski definition) is 1. The van der Waals surface area contributed by atoms with Gasteiger partial charge in [0.1, 0.15) is 4.88 Å². The molecule has 0 aliphatic heterocycles. The molecule has 4 nitrogen and oxygen atoms in total. The molecule has 0 spiro atoms. The average molecular weight is 463 g/mol. The smallest absolute Gasteiger partial charge is 0.350 e. The van der Waals surface area contributed by atoms with Gasteiger partial charge in [-0.25, -0.2) is 4.79 Å². The topological polar surface area (TPSA) is 47.6 Å². The molecule has 1 fully saturated rings. The van der Waals surface area contributed by atoms with E-state index >= 15 is 0 Å². The number of hydrogen-bond acceptors (Lipinski definition) is 5. The first-order valence-electron chi connectivity index (χ1n) is 9.44. The Morgan fingerprint density at radius 2 is 1.92 bits per heavy atom. The maximum atomic E-state index is 12.1. The lowest BCUT2D eigenvalue weighted by molar-refractivity contribution is 0.0533. The van der Waals surface area contributed by atoms with E-state index in [-0.39, 0.29) is 11.0 Å². The Labute approximate surface area is 171 Å². The molecule has 1 aliphatic rings. The maximum absolute atomic E-state index is 12.1. The molecular formula is C19H32BrNO3SSi. The molecular weight excluding hydrogens is 430 g/mol. The molecule has 0 amide bonds. The van der Waals surface area contributed by atoms with Crippen LogP contribution in [0.1, 0.15) is 63.0 Å². The number of anilines is 1. The molecule has 1 aromatic heterocycles. The van der Waals surface area contributed by atoms with Gasteiger partial charge in [0.25, 0.3) is 0 Å². The Morgan fingerprint density at radius 1 is 1.31 bits per heavy atom. The summed E-state index contributed by atoms with van der Waals surface area (Å²) < 4.78 is 12.7. The van der Waals surface area contributed by atoms with Crippen molar-refractivity contribution < 1.29 is 14.0 Å². The summed E-state index contributed by atoms with van der Waals surface area (Å²) in [5.41, 5.74) is 0.883. The summed E-state index contributed by atoms with van der Waals surface area (Å²) in [5, 5.41) is 3.81. The van der Waals surface area contributed by atoms with Gasteiger partial charge in [-0.05, 0) is 72.7 Å². The summed E-state index contributed by atoms with van der Waals surface area (Å²) in [7, 11) is -1.70. The molecule has 0 bridgehead atoms. The first kappa shape index (κ1) is 21.9. The third-order valence-electron chi connectivity index (χ3n) is 5.46. The summed E-state index contributed by atoms with van der Waals surface area (Å²) in [6.07, 6.45) is 4.64. The van der Waals surface area contributed by atoms with E-state index in [1.807, 2.05) is 13.0 Å². The van der Waals surface area contributed by atoms with Crippen LogP contribution in [-0.4, -0.2) is 33.0 Å². The third-order valence-corrected chi connectivity index (χ3v) is 11.6. The summed E-state index contributed by atoms with van der Waals surface area (Å²) in [6.45, 7) is 13.7. The van der Waals surface area contributed by atoms with Crippen molar-refractivity contribution in [2.45, 2.75) is 83.7 Å². The highest BCUT2D eigenvalue weighted by Crippen LogP contribution is 2.40. The number of rotatable bonds is 6. The third kappa shape index (κ3) is 5.56. The van der Waals surface area contributed by atoms with Crippen molar-refractivity contribution in [2.75, 3.05) is 11.9 Å². The van der Waals surface area contributed by atoms with Gasteiger partial charge < -0.3 is 14.5 Å². The fourth-order valence-electron chi connectivity index (χ4n) is 2.95. The van der Waals surface area contributed by atoms with E-state index in [9.17, 15) is 4.79 Å². The summed E-state index contributed by atoms with van der Waals surface area (Å²) in [6, 6.07) is 2.36. The highest BCUT2D eigenvalue weighted by molar-refractivity contribution is 9.11. The highest BCUT2D eigenvalue weighted by atomic mass is 79.9. The first-order chi connectivity index (χ1) is 12.0. The standard InChI is InChI=1S/C19H32BrNO3SSi/c1-7-23-18(22)17-15(12-16(20)25-17)21-13-8-10-14(11-9-13)24-26(5,6)19(2,3)4/h12-14,21H,7-11H2,1-6H3. The second kappa shape index (κ2) is 8.75. The zero-order valence-electron chi connectivity index (χ0n) is 16.8. The highest BCUT2D eigenvalue weighted by Gasteiger charge is 2.39. The number of esters is 1. The van der Waals surface area contributed by atoms with Gasteiger partial charge in [-0.3, -0.25) is 0 Å². The van der Waals surface area contributed by atoms with Crippen LogP contribution < -0.4 is 5.32 Å². The van der Waals surface area contributed by atoms with Gasteiger partial charge in [0.15, 0.2) is 8.32 Å². The number of carbonyl (C=O) groups is 1. The number of ether oxygens (including phenoxy) is 1. The van der Waals surface area contributed by atoms with Crippen LogP contribution in [0.25, 0.3) is 0 Å². The van der Waals surface area contributed by atoms with E-state index in [2.05, 4.69) is 55.1 Å². The number of carbonyl (C=O) groups excluding carboxylic acids is 1.